The van der Waals surface area contributed by atoms with Crippen LogP contribution < -0.4 is 0 Å². The molecule has 0 aliphatic rings. The van der Waals surface area contributed by atoms with E-state index in [1.54, 1.807) is 0 Å². The Morgan fingerprint density at radius 2 is 0.839 bits per heavy atom. The minimum Gasteiger partial charge on any atom is -0.456 e. The molecule has 0 aliphatic heterocycles. The van der Waals surface area contributed by atoms with Gasteiger partial charge in [0.05, 0.1) is 22.1 Å². The number of nitrogens with zero attached hydrogens (tertiary/aromatic N) is 4. The molecule has 11 aromatic rings. The summed E-state index contributed by atoms with van der Waals surface area (Å²) < 4.78 is 9.04. The number of hydrogen-bond donors (Lipinski definition) is 0. The predicted octanol–water partition coefficient (Wildman–Crippen LogP) is 13.2. The van der Waals surface area contributed by atoms with Crippen molar-refractivity contribution < 1.29 is 4.42 Å². The highest BCUT2D eigenvalue weighted by Gasteiger charge is 2.23. The molecule has 5 nitrogen and oxygen atoms in total. The van der Waals surface area contributed by atoms with E-state index in [2.05, 4.69) is 132 Å². The maximum Gasteiger partial charge on any atom is 0.166 e. The van der Waals surface area contributed by atoms with Gasteiger partial charge in [0, 0.05) is 32.8 Å². The fraction of sp³-hybridized carbons (Fsp3) is 0. The Labute approximate surface area is 322 Å². The van der Waals surface area contributed by atoms with Crippen LogP contribution in [0.3, 0.4) is 0 Å². The molecule has 262 valence electrons. The van der Waals surface area contributed by atoms with E-state index in [1.165, 1.54) is 11.1 Å². The van der Waals surface area contributed by atoms with Crippen molar-refractivity contribution in [3.05, 3.63) is 194 Å². The largest absolute Gasteiger partial charge is 0.456 e. The van der Waals surface area contributed by atoms with Gasteiger partial charge in [0.1, 0.15) is 11.2 Å². The number of hydrogen-bond acceptors (Lipinski definition) is 4. The van der Waals surface area contributed by atoms with E-state index in [1.807, 2.05) is 66.7 Å². The van der Waals surface area contributed by atoms with Gasteiger partial charge in [-0.2, -0.15) is 0 Å². The summed E-state index contributed by atoms with van der Waals surface area (Å²) in [6, 6.07) is 67.3. The molecule has 0 fully saturated rings. The highest BCUT2D eigenvalue weighted by Crippen LogP contribution is 2.44. The van der Waals surface area contributed by atoms with Crippen LogP contribution in [0.5, 0.6) is 0 Å². The van der Waals surface area contributed by atoms with E-state index < -0.39 is 0 Å². The molecule has 0 unspecified atom stereocenters. The van der Waals surface area contributed by atoms with Crippen molar-refractivity contribution in [2.75, 3.05) is 0 Å². The van der Waals surface area contributed by atoms with Gasteiger partial charge in [0.15, 0.2) is 17.5 Å². The number of benzene rings is 8. The van der Waals surface area contributed by atoms with Crippen molar-refractivity contribution in [3.8, 4) is 62.1 Å². The van der Waals surface area contributed by atoms with E-state index in [4.69, 9.17) is 19.4 Å². The molecule has 8 aromatic carbocycles. The molecule has 0 saturated heterocycles. The van der Waals surface area contributed by atoms with Crippen LogP contribution in [-0.2, 0) is 0 Å². The second kappa shape index (κ2) is 13.0. The predicted molar refractivity (Wildman–Crippen MR) is 229 cm³/mol. The zero-order valence-corrected chi connectivity index (χ0v) is 30.2. The van der Waals surface area contributed by atoms with Gasteiger partial charge in [-0.1, -0.05) is 164 Å². The number of fused-ring (bicyclic) bond motifs is 6. The van der Waals surface area contributed by atoms with E-state index in [9.17, 15) is 0 Å². The van der Waals surface area contributed by atoms with E-state index in [0.717, 1.165) is 77.2 Å². The summed E-state index contributed by atoms with van der Waals surface area (Å²) in [6.07, 6.45) is 0. The summed E-state index contributed by atoms with van der Waals surface area (Å²) in [6.45, 7) is 0. The SMILES string of the molecule is c1ccc(-c2ccc(-c3cccc4oc5cccc(-n6c7ccccc7c7cccc(-c8nc(-c9ccccc9)nc(-c9ccccc9)n8)c76)c5c34)cc2)cc1. The van der Waals surface area contributed by atoms with Crippen molar-refractivity contribution in [1.82, 2.24) is 19.5 Å². The average molecular weight is 717 g/mol. The first-order valence-electron chi connectivity index (χ1n) is 18.8. The van der Waals surface area contributed by atoms with Crippen LogP contribution in [0.2, 0.25) is 0 Å². The smallest absolute Gasteiger partial charge is 0.166 e. The molecule has 0 aliphatic carbocycles. The fourth-order valence-corrected chi connectivity index (χ4v) is 8.13. The lowest BCUT2D eigenvalue weighted by Gasteiger charge is -2.14. The van der Waals surface area contributed by atoms with E-state index in [-0.39, 0.29) is 0 Å². The molecule has 11 rings (SSSR count). The minimum atomic E-state index is 0.607. The molecule has 0 atom stereocenters. The van der Waals surface area contributed by atoms with Gasteiger partial charge in [-0.3, -0.25) is 0 Å². The first kappa shape index (κ1) is 31.9. The molecular weight excluding hydrogens is 685 g/mol. The Morgan fingerprint density at radius 3 is 1.54 bits per heavy atom. The van der Waals surface area contributed by atoms with Crippen LogP contribution in [0, 0.1) is 0 Å². The first-order valence-corrected chi connectivity index (χ1v) is 18.8. The van der Waals surface area contributed by atoms with Crippen LogP contribution in [0.1, 0.15) is 0 Å². The number of aromatic nitrogens is 4. The van der Waals surface area contributed by atoms with Crippen LogP contribution in [-0.4, -0.2) is 19.5 Å². The average Bonchev–Trinajstić information content (AvgIpc) is 3.84. The van der Waals surface area contributed by atoms with Crippen molar-refractivity contribution in [2.24, 2.45) is 0 Å². The van der Waals surface area contributed by atoms with E-state index in [0.29, 0.717) is 17.5 Å². The maximum atomic E-state index is 6.67. The summed E-state index contributed by atoms with van der Waals surface area (Å²) in [4.78, 5) is 15.4. The number of para-hydroxylation sites is 2. The third kappa shape index (κ3) is 5.21. The van der Waals surface area contributed by atoms with Gasteiger partial charge in [0.25, 0.3) is 0 Å². The van der Waals surface area contributed by atoms with Crippen LogP contribution in [0.15, 0.2) is 199 Å². The Morgan fingerprint density at radius 1 is 0.339 bits per heavy atom. The Kier molecular flexibility index (Phi) is 7.42. The van der Waals surface area contributed by atoms with Gasteiger partial charge in [-0.25, -0.2) is 15.0 Å². The minimum absolute atomic E-state index is 0.607. The molecule has 0 amide bonds. The molecule has 0 radical (unpaired) electrons. The summed E-state index contributed by atoms with van der Waals surface area (Å²) in [5, 5.41) is 4.38. The molecule has 0 N–H and O–H groups in total. The zero-order valence-electron chi connectivity index (χ0n) is 30.2. The Bertz CT molecular complexity index is 3160. The van der Waals surface area contributed by atoms with Crippen molar-refractivity contribution in [2.45, 2.75) is 0 Å². The van der Waals surface area contributed by atoms with Crippen molar-refractivity contribution in [3.63, 3.8) is 0 Å². The molecule has 56 heavy (non-hydrogen) atoms. The lowest BCUT2D eigenvalue weighted by Crippen LogP contribution is -2.02. The van der Waals surface area contributed by atoms with Crippen molar-refractivity contribution in [1.29, 1.82) is 0 Å². The molecule has 5 heteroatoms. The van der Waals surface area contributed by atoms with Gasteiger partial charge in [0.2, 0.25) is 0 Å². The molecule has 0 spiro atoms. The highest BCUT2D eigenvalue weighted by atomic mass is 16.3. The molecule has 3 aromatic heterocycles. The maximum absolute atomic E-state index is 6.67. The molecule has 3 heterocycles. The summed E-state index contributed by atoms with van der Waals surface area (Å²) in [5.41, 5.74) is 12.2. The van der Waals surface area contributed by atoms with Crippen molar-refractivity contribution >= 4 is 43.7 Å². The zero-order chi connectivity index (χ0) is 37.0. The topological polar surface area (TPSA) is 56.7 Å². The summed E-state index contributed by atoms with van der Waals surface area (Å²) >= 11 is 0. The lowest BCUT2D eigenvalue weighted by molar-refractivity contribution is 0.669. The summed E-state index contributed by atoms with van der Waals surface area (Å²) in [5.74, 6) is 1.86. The standard InChI is InChI=1S/C51H32N4O/c1-4-15-33(16-5-1)34-29-31-35(32-30-34)38-22-13-27-44-46(38)47-43(26-14-28-45(47)56-44)55-42-25-11-10-21-39(42)40-23-12-24-41(48(40)55)51-53-49(36-17-6-2-7-18-36)52-50(54-51)37-19-8-3-9-20-37/h1-32H. The van der Waals surface area contributed by atoms with Crippen LogP contribution in [0.25, 0.3) is 106 Å². The second-order valence-corrected chi connectivity index (χ2v) is 14.0. The summed E-state index contributed by atoms with van der Waals surface area (Å²) in [7, 11) is 0. The van der Waals surface area contributed by atoms with Gasteiger partial charge in [-0.15, -0.1) is 0 Å². The third-order valence-electron chi connectivity index (χ3n) is 10.7. The van der Waals surface area contributed by atoms with E-state index >= 15 is 0 Å². The quantitative estimate of drug-likeness (QED) is 0.172. The normalized spacial score (nSPS) is 11.6. The van der Waals surface area contributed by atoms with Gasteiger partial charge >= 0.3 is 0 Å². The highest BCUT2D eigenvalue weighted by molar-refractivity contribution is 6.19. The lowest BCUT2D eigenvalue weighted by atomic mass is 9.96. The molecule has 0 saturated carbocycles. The number of furan rings is 1. The van der Waals surface area contributed by atoms with Gasteiger partial charge in [-0.05, 0) is 52.6 Å². The monoisotopic (exact) mass is 716 g/mol. The Balaban J connectivity index is 1.19. The molecule has 0 bridgehead atoms. The fourth-order valence-electron chi connectivity index (χ4n) is 8.13. The third-order valence-corrected chi connectivity index (χ3v) is 10.7. The first-order chi connectivity index (χ1) is 27.8. The van der Waals surface area contributed by atoms with Gasteiger partial charge < -0.3 is 8.98 Å². The van der Waals surface area contributed by atoms with Crippen LogP contribution >= 0.6 is 0 Å². The second-order valence-electron chi connectivity index (χ2n) is 14.0. The number of rotatable bonds is 6. The molecular formula is C51H32N4O. The Hall–Kier alpha value is -7.63. The van der Waals surface area contributed by atoms with Crippen LogP contribution in [0.4, 0.5) is 0 Å².